The Balaban J connectivity index is 1.83. The van der Waals surface area contributed by atoms with Gasteiger partial charge in [0.25, 0.3) is 11.8 Å². The van der Waals surface area contributed by atoms with Crippen LogP contribution in [-0.2, 0) is 16.6 Å². The van der Waals surface area contributed by atoms with Gasteiger partial charge in [-0.2, -0.15) is 0 Å². The molecule has 1 aliphatic heterocycles. The molecule has 0 unspecified atom stereocenters. The van der Waals surface area contributed by atoms with E-state index in [-0.39, 0.29) is 11.3 Å². The van der Waals surface area contributed by atoms with Crippen LogP contribution >= 0.6 is 0 Å². The number of para-hydroxylation sites is 2. The lowest BCUT2D eigenvalue weighted by atomic mass is 10.1. The van der Waals surface area contributed by atoms with E-state index in [1.807, 2.05) is 35.9 Å². The lowest BCUT2D eigenvalue weighted by molar-refractivity contribution is -0.122. The number of aromatic nitrogens is 1. The number of aryl methyl sites for hydroxylation is 1. The lowest BCUT2D eigenvalue weighted by Crippen LogP contribution is -2.54. The third-order valence-electron chi connectivity index (χ3n) is 4.42. The number of benzene rings is 2. The largest absolute Gasteiger partial charge is 0.350 e. The Morgan fingerprint density at radius 1 is 1.00 bits per heavy atom. The van der Waals surface area contributed by atoms with Gasteiger partial charge in [-0.15, -0.1) is 0 Å². The molecule has 1 aliphatic rings. The first kappa shape index (κ1) is 16.7. The van der Waals surface area contributed by atoms with Crippen molar-refractivity contribution in [1.82, 2.24) is 9.88 Å². The van der Waals surface area contributed by atoms with Crippen LogP contribution in [-0.4, -0.2) is 22.4 Å². The highest BCUT2D eigenvalue weighted by Gasteiger charge is 2.38. The van der Waals surface area contributed by atoms with Gasteiger partial charge in [0.2, 0.25) is 0 Å². The summed E-state index contributed by atoms with van der Waals surface area (Å²) in [4.78, 5) is 37.9. The van der Waals surface area contributed by atoms with Crippen molar-refractivity contribution in [1.29, 1.82) is 0 Å². The summed E-state index contributed by atoms with van der Waals surface area (Å²) in [7, 11) is 1.85. The van der Waals surface area contributed by atoms with Crippen molar-refractivity contribution in [3.63, 3.8) is 0 Å². The molecule has 0 bridgehead atoms. The third-order valence-corrected chi connectivity index (χ3v) is 4.42. The van der Waals surface area contributed by atoms with E-state index in [1.54, 1.807) is 6.20 Å². The van der Waals surface area contributed by atoms with Crippen LogP contribution in [0.3, 0.4) is 0 Å². The predicted molar refractivity (Wildman–Crippen MR) is 98.3 cm³/mol. The first-order valence-electron chi connectivity index (χ1n) is 8.17. The van der Waals surface area contributed by atoms with Crippen LogP contribution in [0.1, 0.15) is 5.56 Å². The number of amides is 4. The van der Waals surface area contributed by atoms with Crippen molar-refractivity contribution in [2.75, 3.05) is 4.90 Å². The first-order valence-corrected chi connectivity index (χ1v) is 8.17. The van der Waals surface area contributed by atoms with Crippen molar-refractivity contribution < 1.29 is 18.8 Å². The average Bonchev–Trinajstić information content (AvgIpc) is 2.96. The van der Waals surface area contributed by atoms with E-state index < -0.39 is 23.7 Å². The topological polar surface area (TPSA) is 71.4 Å². The summed E-state index contributed by atoms with van der Waals surface area (Å²) in [5.41, 5.74) is 1.12. The fourth-order valence-electron chi connectivity index (χ4n) is 3.15. The molecular weight excluding hydrogens is 349 g/mol. The Hall–Kier alpha value is -3.74. The zero-order chi connectivity index (χ0) is 19.1. The summed E-state index contributed by atoms with van der Waals surface area (Å²) in [6.45, 7) is 0. The number of hydrogen-bond donors (Lipinski definition) is 1. The summed E-state index contributed by atoms with van der Waals surface area (Å²) < 4.78 is 16.0. The molecule has 27 heavy (non-hydrogen) atoms. The van der Waals surface area contributed by atoms with Gasteiger partial charge in [0.15, 0.2) is 0 Å². The second-order valence-electron chi connectivity index (χ2n) is 6.12. The Morgan fingerprint density at radius 3 is 2.48 bits per heavy atom. The summed E-state index contributed by atoms with van der Waals surface area (Å²) in [5, 5.41) is 2.95. The molecule has 2 heterocycles. The maximum Gasteiger partial charge on any atom is 0.336 e. The lowest BCUT2D eigenvalue weighted by Gasteiger charge is -2.26. The van der Waals surface area contributed by atoms with Gasteiger partial charge in [0.1, 0.15) is 11.4 Å². The zero-order valence-corrected chi connectivity index (χ0v) is 14.3. The Labute approximate surface area is 153 Å². The number of halogens is 1. The number of urea groups is 1. The standard InChI is InChI=1S/C20H14FN3O3/c1-23-11-12(13-6-2-4-8-16(13)23)10-14-18(25)22-20(27)24(19(14)26)17-9-5-3-7-15(17)21/h2-11H,1H3,(H,22,25,27). The number of rotatable bonds is 2. The second-order valence-corrected chi connectivity index (χ2v) is 6.12. The predicted octanol–water partition coefficient (Wildman–Crippen LogP) is 2.98. The molecule has 7 heteroatoms. The van der Waals surface area contributed by atoms with E-state index >= 15 is 0 Å². The van der Waals surface area contributed by atoms with Gasteiger partial charge in [0.05, 0.1) is 5.69 Å². The number of carbonyl (C=O) groups excluding carboxylic acids is 3. The van der Waals surface area contributed by atoms with E-state index in [2.05, 4.69) is 5.32 Å². The van der Waals surface area contributed by atoms with E-state index in [9.17, 15) is 18.8 Å². The van der Waals surface area contributed by atoms with Gasteiger partial charge < -0.3 is 4.57 Å². The summed E-state index contributed by atoms with van der Waals surface area (Å²) in [6, 6.07) is 11.9. The van der Waals surface area contributed by atoms with Gasteiger partial charge in [-0.3, -0.25) is 14.9 Å². The molecule has 0 radical (unpaired) electrons. The molecule has 1 saturated heterocycles. The molecule has 1 fully saturated rings. The minimum atomic E-state index is -0.981. The van der Waals surface area contributed by atoms with Gasteiger partial charge in [-0.25, -0.2) is 14.1 Å². The molecule has 0 saturated carbocycles. The number of anilines is 1. The van der Waals surface area contributed by atoms with Gasteiger partial charge in [0, 0.05) is 29.7 Å². The normalized spacial score (nSPS) is 16.3. The minimum absolute atomic E-state index is 0.212. The number of imide groups is 2. The highest BCUT2D eigenvalue weighted by atomic mass is 19.1. The molecule has 1 N–H and O–H groups in total. The van der Waals surface area contributed by atoms with Crippen LogP contribution in [0.15, 0.2) is 60.3 Å². The number of nitrogens with zero attached hydrogens (tertiary/aromatic N) is 2. The molecule has 3 aromatic rings. The number of fused-ring (bicyclic) bond motifs is 1. The van der Waals surface area contributed by atoms with Crippen molar-refractivity contribution >= 4 is 40.5 Å². The van der Waals surface area contributed by atoms with Crippen LogP contribution in [0.25, 0.3) is 17.0 Å². The first-order chi connectivity index (χ1) is 13.0. The maximum atomic E-state index is 14.1. The van der Waals surface area contributed by atoms with Crippen LogP contribution in [0.4, 0.5) is 14.9 Å². The highest BCUT2D eigenvalue weighted by molar-refractivity contribution is 6.39. The Morgan fingerprint density at radius 2 is 1.70 bits per heavy atom. The molecule has 0 atom stereocenters. The van der Waals surface area contributed by atoms with Crippen LogP contribution in [0, 0.1) is 5.82 Å². The van der Waals surface area contributed by atoms with Crippen LogP contribution in [0.2, 0.25) is 0 Å². The van der Waals surface area contributed by atoms with Crippen molar-refractivity contribution in [3.05, 3.63) is 71.7 Å². The number of nitrogens with one attached hydrogen (secondary N) is 1. The van der Waals surface area contributed by atoms with E-state index in [0.29, 0.717) is 10.5 Å². The van der Waals surface area contributed by atoms with E-state index in [1.165, 1.54) is 24.3 Å². The smallest absolute Gasteiger partial charge is 0.336 e. The Kier molecular flexibility index (Phi) is 3.84. The van der Waals surface area contributed by atoms with Gasteiger partial charge in [-0.05, 0) is 24.3 Å². The zero-order valence-electron chi connectivity index (χ0n) is 14.3. The van der Waals surface area contributed by atoms with Gasteiger partial charge in [-0.1, -0.05) is 30.3 Å². The average molecular weight is 363 g/mol. The quantitative estimate of drug-likeness (QED) is 0.562. The minimum Gasteiger partial charge on any atom is -0.350 e. The summed E-state index contributed by atoms with van der Waals surface area (Å²) in [5.74, 6) is -2.42. The fraction of sp³-hybridized carbons (Fsp3) is 0.0500. The molecule has 0 spiro atoms. The molecule has 4 rings (SSSR count). The summed E-state index contributed by atoms with van der Waals surface area (Å²) in [6.07, 6.45) is 3.20. The molecule has 4 amide bonds. The molecular formula is C20H14FN3O3. The molecule has 1 aromatic heterocycles. The second kappa shape index (κ2) is 6.21. The SMILES string of the molecule is Cn1cc(C=C2C(=O)NC(=O)N(c3ccccc3F)C2=O)c2ccccc21. The maximum absolute atomic E-state index is 14.1. The highest BCUT2D eigenvalue weighted by Crippen LogP contribution is 2.27. The molecule has 0 aliphatic carbocycles. The summed E-state index contributed by atoms with van der Waals surface area (Å²) >= 11 is 0. The number of carbonyl (C=O) groups is 3. The van der Waals surface area contributed by atoms with E-state index in [0.717, 1.165) is 17.0 Å². The number of hydrogen-bond acceptors (Lipinski definition) is 3. The Bertz CT molecular complexity index is 1150. The van der Waals surface area contributed by atoms with E-state index in [4.69, 9.17) is 0 Å². The fourth-order valence-corrected chi connectivity index (χ4v) is 3.15. The van der Waals surface area contributed by atoms with Crippen molar-refractivity contribution in [2.45, 2.75) is 0 Å². The van der Waals surface area contributed by atoms with Crippen molar-refractivity contribution in [2.24, 2.45) is 7.05 Å². The number of barbiturate groups is 1. The molecule has 6 nitrogen and oxygen atoms in total. The third kappa shape index (κ3) is 2.69. The monoisotopic (exact) mass is 363 g/mol. The van der Waals surface area contributed by atoms with Crippen LogP contribution in [0.5, 0.6) is 0 Å². The van der Waals surface area contributed by atoms with Crippen LogP contribution < -0.4 is 10.2 Å². The van der Waals surface area contributed by atoms with Gasteiger partial charge >= 0.3 is 6.03 Å². The molecule has 134 valence electrons. The van der Waals surface area contributed by atoms with Crippen molar-refractivity contribution in [3.8, 4) is 0 Å². The molecule has 2 aromatic carbocycles.